The Balaban J connectivity index is 1.89. The molecular weight excluding hydrogens is 284 g/mol. The zero-order chi connectivity index (χ0) is 16.5. The normalized spacial score (nSPS) is 11.4. The van der Waals surface area contributed by atoms with Crippen LogP contribution in [-0.2, 0) is 5.41 Å². The van der Waals surface area contributed by atoms with Gasteiger partial charge < -0.3 is 15.8 Å². The summed E-state index contributed by atoms with van der Waals surface area (Å²) < 4.78 is 5.79. The van der Waals surface area contributed by atoms with Gasteiger partial charge in [-0.25, -0.2) is 0 Å². The van der Waals surface area contributed by atoms with Gasteiger partial charge in [-0.15, -0.1) is 0 Å². The van der Waals surface area contributed by atoms with Crippen LogP contribution in [0.25, 0.3) is 0 Å². The van der Waals surface area contributed by atoms with Gasteiger partial charge in [-0.1, -0.05) is 56.3 Å². The lowest BCUT2D eigenvalue weighted by Crippen LogP contribution is -2.24. The number of nitrogens with one attached hydrogen (secondary N) is 1. The second kappa shape index (κ2) is 8.70. The van der Waals surface area contributed by atoms with Crippen LogP contribution >= 0.6 is 0 Å². The van der Waals surface area contributed by atoms with Crippen LogP contribution in [0.5, 0.6) is 5.75 Å². The van der Waals surface area contributed by atoms with Crippen molar-refractivity contribution in [1.82, 2.24) is 5.32 Å². The first-order valence-corrected chi connectivity index (χ1v) is 8.34. The van der Waals surface area contributed by atoms with E-state index >= 15 is 0 Å². The van der Waals surface area contributed by atoms with Crippen molar-refractivity contribution in [2.24, 2.45) is 5.73 Å². The Hall–Kier alpha value is -1.84. The van der Waals surface area contributed by atoms with Gasteiger partial charge in [-0.05, 0) is 36.2 Å². The smallest absolute Gasteiger partial charge is 0.119 e. The molecule has 0 spiro atoms. The zero-order valence-electron chi connectivity index (χ0n) is 14.2. The first-order valence-electron chi connectivity index (χ1n) is 8.34. The molecule has 0 aliphatic rings. The summed E-state index contributed by atoms with van der Waals surface area (Å²) in [6.07, 6.45) is 0.983. The number of ether oxygens (including phenoxy) is 1. The largest absolute Gasteiger partial charge is 0.494 e. The van der Waals surface area contributed by atoms with Crippen LogP contribution in [0.4, 0.5) is 0 Å². The van der Waals surface area contributed by atoms with Crippen LogP contribution in [0.2, 0.25) is 0 Å². The van der Waals surface area contributed by atoms with Gasteiger partial charge in [0.25, 0.3) is 0 Å². The molecule has 0 fully saturated rings. The van der Waals surface area contributed by atoms with Crippen molar-refractivity contribution in [2.75, 3.05) is 26.2 Å². The van der Waals surface area contributed by atoms with Crippen molar-refractivity contribution in [3.8, 4) is 5.75 Å². The second-order valence-electron chi connectivity index (χ2n) is 6.26. The molecule has 0 aliphatic heterocycles. The Labute approximate surface area is 139 Å². The molecule has 2 aromatic rings. The van der Waals surface area contributed by atoms with E-state index in [1.807, 2.05) is 0 Å². The maximum absolute atomic E-state index is 5.79. The first kappa shape index (κ1) is 17.5. The Bertz CT molecular complexity index is 564. The summed E-state index contributed by atoms with van der Waals surface area (Å²) in [4.78, 5) is 0. The summed E-state index contributed by atoms with van der Waals surface area (Å²) in [5.41, 5.74) is 8.04. The number of benzene rings is 2. The molecule has 0 saturated carbocycles. The van der Waals surface area contributed by atoms with E-state index in [4.69, 9.17) is 10.5 Å². The van der Waals surface area contributed by atoms with E-state index in [-0.39, 0.29) is 5.41 Å². The molecule has 0 unspecified atom stereocenters. The summed E-state index contributed by atoms with van der Waals surface area (Å²) in [6.45, 7) is 7.71. The van der Waals surface area contributed by atoms with Crippen LogP contribution in [0.3, 0.4) is 0 Å². The third-order valence-corrected chi connectivity index (χ3v) is 4.16. The molecule has 124 valence electrons. The van der Waals surface area contributed by atoms with Gasteiger partial charge in [0.2, 0.25) is 0 Å². The lowest BCUT2D eigenvalue weighted by Gasteiger charge is -2.26. The molecule has 2 aromatic carbocycles. The van der Waals surface area contributed by atoms with Gasteiger partial charge >= 0.3 is 0 Å². The fraction of sp³-hybridized carbons (Fsp3) is 0.400. The molecule has 0 amide bonds. The third kappa shape index (κ3) is 5.08. The highest BCUT2D eigenvalue weighted by Crippen LogP contribution is 2.32. The SMILES string of the molecule is CC(C)(c1ccccc1)c1ccc(OCCCNCCN)cc1. The standard InChI is InChI=1S/C20H28N2O/c1-20(2,17-7-4-3-5-8-17)18-9-11-19(12-10-18)23-16-6-14-22-15-13-21/h3-5,7-12,22H,6,13-16,21H2,1-2H3. The fourth-order valence-corrected chi connectivity index (χ4v) is 2.60. The number of rotatable bonds is 9. The zero-order valence-corrected chi connectivity index (χ0v) is 14.2. The number of hydrogen-bond acceptors (Lipinski definition) is 3. The van der Waals surface area contributed by atoms with E-state index in [9.17, 15) is 0 Å². The van der Waals surface area contributed by atoms with E-state index in [0.29, 0.717) is 6.54 Å². The monoisotopic (exact) mass is 312 g/mol. The van der Waals surface area contributed by atoms with Gasteiger partial charge in [0.05, 0.1) is 6.61 Å². The molecular formula is C20H28N2O. The van der Waals surface area contributed by atoms with Crippen molar-refractivity contribution in [1.29, 1.82) is 0 Å². The fourth-order valence-electron chi connectivity index (χ4n) is 2.60. The molecule has 3 nitrogen and oxygen atoms in total. The maximum atomic E-state index is 5.79. The van der Waals surface area contributed by atoms with E-state index in [0.717, 1.165) is 31.9 Å². The molecule has 3 heteroatoms. The van der Waals surface area contributed by atoms with Crippen molar-refractivity contribution >= 4 is 0 Å². The summed E-state index contributed by atoms with van der Waals surface area (Å²) >= 11 is 0. The van der Waals surface area contributed by atoms with Crippen LogP contribution in [0.1, 0.15) is 31.4 Å². The van der Waals surface area contributed by atoms with Crippen molar-refractivity contribution in [3.63, 3.8) is 0 Å². The van der Waals surface area contributed by atoms with E-state index < -0.39 is 0 Å². The van der Waals surface area contributed by atoms with Gasteiger partial charge in [-0.3, -0.25) is 0 Å². The highest BCUT2D eigenvalue weighted by atomic mass is 16.5. The topological polar surface area (TPSA) is 47.3 Å². The summed E-state index contributed by atoms with van der Waals surface area (Å²) in [6, 6.07) is 19.0. The highest BCUT2D eigenvalue weighted by Gasteiger charge is 2.22. The lowest BCUT2D eigenvalue weighted by atomic mass is 9.78. The second-order valence-corrected chi connectivity index (χ2v) is 6.26. The molecule has 0 bridgehead atoms. The van der Waals surface area contributed by atoms with E-state index in [1.54, 1.807) is 0 Å². The molecule has 0 radical (unpaired) electrons. The van der Waals surface area contributed by atoms with Gasteiger partial charge in [0, 0.05) is 18.5 Å². The minimum atomic E-state index is -0.00800. The van der Waals surface area contributed by atoms with Crippen LogP contribution in [0, 0.1) is 0 Å². The molecule has 0 atom stereocenters. The molecule has 23 heavy (non-hydrogen) atoms. The Kier molecular flexibility index (Phi) is 6.63. The highest BCUT2D eigenvalue weighted by molar-refractivity contribution is 5.39. The van der Waals surface area contributed by atoms with Gasteiger partial charge in [0.1, 0.15) is 5.75 Å². The minimum Gasteiger partial charge on any atom is -0.494 e. The number of hydrogen-bond donors (Lipinski definition) is 2. The molecule has 0 saturated heterocycles. The van der Waals surface area contributed by atoms with Gasteiger partial charge in [0.15, 0.2) is 0 Å². The van der Waals surface area contributed by atoms with Crippen molar-refractivity contribution in [3.05, 3.63) is 65.7 Å². The summed E-state index contributed by atoms with van der Waals surface area (Å²) in [5, 5.41) is 3.26. The third-order valence-electron chi connectivity index (χ3n) is 4.16. The summed E-state index contributed by atoms with van der Waals surface area (Å²) in [5.74, 6) is 0.927. The molecule has 3 N–H and O–H groups in total. The van der Waals surface area contributed by atoms with Crippen LogP contribution < -0.4 is 15.8 Å². The average Bonchev–Trinajstić information content (AvgIpc) is 2.59. The summed E-state index contributed by atoms with van der Waals surface area (Å²) in [7, 11) is 0. The molecule has 0 heterocycles. The predicted octanol–water partition coefficient (Wildman–Crippen LogP) is 3.33. The molecule has 0 aliphatic carbocycles. The minimum absolute atomic E-state index is 0.00800. The van der Waals surface area contributed by atoms with Crippen molar-refractivity contribution in [2.45, 2.75) is 25.7 Å². The Morgan fingerprint density at radius 3 is 2.22 bits per heavy atom. The van der Waals surface area contributed by atoms with E-state index in [2.05, 4.69) is 73.8 Å². The Morgan fingerprint density at radius 1 is 0.913 bits per heavy atom. The molecule has 2 rings (SSSR count). The quantitative estimate of drug-likeness (QED) is 0.698. The lowest BCUT2D eigenvalue weighted by molar-refractivity contribution is 0.308. The number of nitrogens with two attached hydrogens (primary N) is 1. The Morgan fingerprint density at radius 2 is 1.57 bits per heavy atom. The van der Waals surface area contributed by atoms with Crippen LogP contribution in [0.15, 0.2) is 54.6 Å². The van der Waals surface area contributed by atoms with Gasteiger partial charge in [-0.2, -0.15) is 0 Å². The molecule has 0 aromatic heterocycles. The first-order chi connectivity index (χ1) is 11.1. The average molecular weight is 312 g/mol. The van der Waals surface area contributed by atoms with Crippen molar-refractivity contribution < 1.29 is 4.74 Å². The maximum Gasteiger partial charge on any atom is 0.119 e. The van der Waals surface area contributed by atoms with Crippen LogP contribution in [-0.4, -0.2) is 26.2 Å². The van der Waals surface area contributed by atoms with E-state index in [1.165, 1.54) is 11.1 Å². The predicted molar refractivity (Wildman–Crippen MR) is 97.0 cm³/mol.